The van der Waals surface area contributed by atoms with Crippen molar-refractivity contribution in [3.05, 3.63) is 0 Å². The highest BCUT2D eigenvalue weighted by atomic mass is 19.4. The van der Waals surface area contributed by atoms with E-state index in [1.807, 2.05) is 6.92 Å². The summed E-state index contributed by atoms with van der Waals surface area (Å²) in [6.45, 7) is 2.04. The fourth-order valence-corrected chi connectivity index (χ4v) is 2.22. The first kappa shape index (κ1) is 12.8. The topological polar surface area (TPSA) is 29.3 Å². The van der Waals surface area contributed by atoms with Crippen molar-refractivity contribution in [2.24, 2.45) is 5.73 Å². The minimum atomic E-state index is -4.20. The van der Waals surface area contributed by atoms with Crippen LogP contribution in [0.15, 0.2) is 0 Å². The lowest BCUT2D eigenvalue weighted by Crippen LogP contribution is -2.53. The van der Waals surface area contributed by atoms with E-state index in [2.05, 4.69) is 0 Å². The number of alkyl halides is 3. The van der Waals surface area contributed by atoms with Gasteiger partial charge in [-0.25, -0.2) is 0 Å². The van der Waals surface area contributed by atoms with Crippen LogP contribution in [0.25, 0.3) is 0 Å². The molecule has 2 nitrogen and oxygen atoms in total. The van der Waals surface area contributed by atoms with Crippen LogP contribution in [0.1, 0.15) is 32.6 Å². The van der Waals surface area contributed by atoms with E-state index >= 15 is 0 Å². The molecule has 0 saturated carbocycles. The van der Waals surface area contributed by atoms with Gasteiger partial charge >= 0.3 is 6.18 Å². The van der Waals surface area contributed by atoms with Crippen molar-refractivity contribution in [1.82, 2.24) is 4.90 Å². The van der Waals surface area contributed by atoms with Crippen LogP contribution < -0.4 is 5.73 Å². The van der Waals surface area contributed by atoms with Gasteiger partial charge in [-0.15, -0.1) is 0 Å². The SMILES string of the molecule is CC1CCCCCN1C(CN)C(F)(F)F. The number of nitrogens with two attached hydrogens (primary N) is 1. The zero-order chi connectivity index (χ0) is 11.5. The van der Waals surface area contributed by atoms with Crippen LogP contribution in [0.2, 0.25) is 0 Å². The number of halogens is 3. The summed E-state index contributed by atoms with van der Waals surface area (Å²) in [5.74, 6) is 0. The highest BCUT2D eigenvalue weighted by Crippen LogP contribution is 2.28. The molecule has 2 N–H and O–H groups in total. The molecule has 2 unspecified atom stereocenters. The highest BCUT2D eigenvalue weighted by molar-refractivity contribution is 4.84. The predicted molar refractivity (Wildman–Crippen MR) is 53.5 cm³/mol. The van der Waals surface area contributed by atoms with E-state index in [1.165, 1.54) is 4.90 Å². The Hall–Kier alpha value is -0.290. The molecule has 0 spiro atoms. The number of likely N-dealkylation sites (tertiary alicyclic amines) is 1. The average Bonchev–Trinajstić information content (AvgIpc) is 2.31. The largest absolute Gasteiger partial charge is 0.405 e. The molecule has 0 aromatic carbocycles. The second-order valence-corrected chi connectivity index (χ2v) is 4.23. The molecule has 15 heavy (non-hydrogen) atoms. The molecule has 5 heteroatoms. The summed E-state index contributed by atoms with van der Waals surface area (Å²) in [5.41, 5.74) is 5.24. The maximum Gasteiger partial charge on any atom is 0.405 e. The molecule has 0 amide bonds. The van der Waals surface area contributed by atoms with Crippen LogP contribution >= 0.6 is 0 Å². The molecule has 1 rings (SSSR count). The van der Waals surface area contributed by atoms with Gasteiger partial charge in [0.25, 0.3) is 0 Å². The zero-order valence-corrected chi connectivity index (χ0v) is 9.06. The summed E-state index contributed by atoms with van der Waals surface area (Å²) in [5, 5.41) is 0. The molecule has 1 saturated heterocycles. The van der Waals surface area contributed by atoms with Crippen LogP contribution in [0.5, 0.6) is 0 Å². The monoisotopic (exact) mass is 224 g/mol. The van der Waals surface area contributed by atoms with E-state index in [9.17, 15) is 13.2 Å². The van der Waals surface area contributed by atoms with Gasteiger partial charge in [-0.3, -0.25) is 4.90 Å². The Morgan fingerprint density at radius 2 is 2.00 bits per heavy atom. The van der Waals surface area contributed by atoms with Crippen LogP contribution in [-0.2, 0) is 0 Å². The Morgan fingerprint density at radius 3 is 2.53 bits per heavy atom. The Balaban J connectivity index is 2.72. The molecule has 1 fully saturated rings. The number of hydrogen-bond donors (Lipinski definition) is 1. The molecule has 1 heterocycles. The van der Waals surface area contributed by atoms with Crippen molar-refractivity contribution in [1.29, 1.82) is 0 Å². The second kappa shape index (κ2) is 5.16. The van der Waals surface area contributed by atoms with Crippen molar-refractivity contribution in [2.75, 3.05) is 13.1 Å². The summed E-state index contributed by atoms with van der Waals surface area (Å²) >= 11 is 0. The third kappa shape index (κ3) is 3.34. The van der Waals surface area contributed by atoms with Gasteiger partial charge in [0.05, 0.1) is 0 Å². The van der Waals surface area contributed by atoms with E-state index in [0.717, 1.165) is 25.7 Å². The zero-order valence-electron chi connectivity index (χ0n) is 9.06. The molecule has 0 aromatic rings. The van der Waals surface area contributed by atoms with Gasteiger partial charge < -0.3 is 5.73 Å². The van der Waals surface area contributed by atoms with Crippen molar-refractivity contribution < 1.29 is 13.2 Å². The molecule has 0 aliphatic carbocycles. The molecular weight excluding hydrogens is 205 g/mol. The molecule has 0 bridgehead atoms. The minimum absolute atomic E-state index is 0.0114. The standard InChI is InChI=1S/C10H19F3N2/c1-8-5-3-2-4-6-15(8)9(7-14)10(11,12)13/h8-9H,2-7,14H2,1H3. The summed E-state index contributed by atoms with van der Waals surface area (Å²) < 4.78 is 38.1. The Kier molecular flexibility index (Phi) is 4.40. The van der Waals surface area contributed by atoms with Gasteiger partial charge in [0, 0.05) is 12.6 Å². The molecule has 0 radical (unpaired) electrons. The Labute approximate surface area is 88.6 Å². The first-order valence-electron chi connectivity index (χ1n) is 5.49. The summed E-state index contributed by atoms with van der Waals surface area (Å²) in [6, 6.07) is -1.48. The fraction of sp³-hybridized carbons (Fsp3) is 1.00. The van der Waals surface area contributed by atoms with E-state index in [4.69, 9.17) is 5.73 Å². The third-order valence-electron chi connectivity index (χ3n) is 3.11. The number of nitrogens with zero attached hydrogens (tertiary/aromatic N) is 1. The maximum atomic E-state index is 12.7. The maximum absolute atomic E-state index is 12.7. The van der Waals surface area contributed by atoms with Gasteiger partial charge in [0.15, 0.2) is 0 Å². The second-order valence-electron chi connectivity index (χ2n) is 4.23. The molecule has 1 aliphatic rings. The summed E-state index contributed by atoms with van der Waals surface area (Å²) in [7, 11) is 0. The first-order valence-corrected chi connectivity index (χ1v) is 5.49. The van der Waals surface area contributed by atoms with Gasteiger partial charge in [-0.2, -0.15) is 13.2 Å². The predicted octanol–water partition coefficient (Wildman–Crippen LogP) is 2.14. The quantitative estimate of drug-likeness (QED) is 0.778. The third-order valence-corrected chi connectivity index (χ3v) is 3.11. The number of hydrogen-bond acceptors (Lipinski definition) is 2. The lowest BCUT2D eigenvalue weighted by molar-refractivity contribution is -0.185. The summed E-state index contributed by atoms with van der Waals surface area (Å²) in [6.07, 6.45) is -0.473. The molecule has 90 valence electrons. The van der Waals surface area contributed by atoms with Gasteiger partial charge in [-0.05, 0) is 26.3 Å². The van der Waals surface area contributed by atoms with Crippen molar-refractivity contribution in [3.63, 3.8) is 0 Å². The smallest absolute Gasteiger partial charge is 0.329 e. The minimum Gasteiger partial charge on any atom is -0.329 e. The van der Waals surface area contributed by atoms with Gasteiger partial charge in [0.2, 0.25) is 0 Å². The molecular formula is C10H19F3N2. The normalized spacial score (nSPS) is 27.4. The lowest BCUT2D eigenvalue weighted by Gasteiger charge is -2.35. The number of rotatable bonds is 2. The van der Waals surface area contributed by atoms with Crippen LogP contribution in [0, 0.1) is 0 Å². The van der Waals surface area contributed by atoms with Crippen molar-refractivity contribution in [2.45, 2.75) is 50.9 Å². The van der Waals surface area contributed by atoms with E-state index in [-0.39, 0.29) is 12.6 Å². The van der Waals surface area contributed by atoms with Crippen molar-refractivity contribution >= 4 is 0 Å². The van der Waals surface area contributed by atoms with Crippen molar-refractivity contribution in [3.8, 4) is 0 Å². The van der Waals surface area contributed by atoms with Crippen LogP contribution in [-0.4, -0.2) is 36.2 Å². The lowest BCUT2D eigenvalue weighted by atomic mass is 10.1. The van der Waals surface area contributed by atoms with E-state index in [0.29, 0.717) is 6.54 Å². The van der Waals surface area contributed by atoms with E-state index < -0.39 is 12.2 Å². The average molecular weight is 224 g/mol. The Bertz CT molecular complexity index is 194. The molecule has 0 aromatic heterocycles. The molecule has 1 aliphatic heterocycles. The Morgan fingerprint density at radius 1 is 1.33 bits per heavy atom. The van der Waals surface area contributed by atoms with Crippen LogP contribution in [0.4, 0.5) is 13.2 Å². The first-order chi connectivity index (χ1) is 6.96. The molecule has 2 atom stereocenters. The van der Waals surface area contributed by atoms with Crippen LogP contribution in [0.3, 0.4) is 0 Å². The summed E-state index contributed by atoms with van der Waals surface area (Å²) in [4.78, 5) is 1.52. The van der Waals surface area contributed by atoms with E-state index in [1.54, 1.807) is 0 Å². The highest BCUT2D eigenvalue weighted by Gasteiger charge is 2.43. The fourth-order valence-electron chi connectivity index (χ4n) is 2.22. The van der Waals surface area contributed by atoms with Gasteiger partial charge in [-0.1, -0.05) is 12.8 Å². The van der Waals surface area contributed by atoms with Gasteiger partial charge in [0.1, 0.15) is 6.04 Å².